The Morgan fingerprint density at radius 1 is 1.20 bits per heavy atom. The van der Waals surface area contributed by atoms with E-state index in [4.69, 9.17) is 9.47 Å². The van der Waals surface area contributed by atoms with Gasteiger partial charge in [0.15, 0.2) is 11.5 Å². The number of methoxy groups -OCH3 is 1. The summed E-state index contributed by atoms with van der Waals surface area (Å²) in [6, 6.07) is 11.8. The Morgan fingerprint density at radius 2 is 1.92 bits per heavy atom. The number of aryl methyl sites for hydroxylation is 1. The topological polar surface area (TPSA) is 47.6 Å². The number of ether oxygens (including phenoxy) is 2. The van der Waals surface area contributed by atoms with Crippen LogP contribution in [0.15, 0.2) is 61.7 Å². The molecule has 0 aliphatic heterocycles. The van der Waals surface area contributed by atoms with Gasteiger partial charge in [-0.1, -0.05) is 43.0 Å². The van der Waals surface area contributed by atoms with Crippen molar-refractivity contribution in [1.82, 2.24) is 0 Å². The highest BCUT2D eigenvalue weighted by atomic mass is 16.5. The first-order valence-corrected chi connectivity index (χ1v) is 8.02. The summed E-state index contributed by atoms with van der Waals surface area (Å²) in [6.45, 7) is 9.62. The van der Waals surface area contributed by atoms with Gasteiger partial charge >= 0.3 is 0 Å². The van der Waals surface area contributed by atoms with Gasteiger partial charge in [-0.3, -0.25) is 4.79 Å². The van der Waals surface area contributed by atoms with Crippen LogP contribution in [0.25, 0.3) is 0 Å². The minimum Gasteiger partial charge on any atom is -0.493 e. The Kier molecular flexibility index (Phi) is 6.40. The molecule has 1 N–H and O–H groups in total. The van der Waals surface area contributed by atoms with Crippen molar-refractivity contribution in [3.8, 4) is 11.5 Å². The second kappa shape index (κ2) is 8.73. The summed E-state index contributed by atoms with van der Waals surface area (Å²) in [5, 5.41) is 2.84. The average molecular weight is 337 g/mol. The molecule has 130 valence electrons. The van der Waals surface area contributed by atoms with Crippen molar-refractivity contribution >= 4 is 11.6 Å². The number of benzene rings is 2. The van der Waals surface area contributed by atoms with Crippen molar-refractivity contribution in [2.24, 2.45) is 0 Å². The van der Waals surface area contributed by atoms with Crippen LogP contribution in [-0.4, -0.2) is 13.0 Å². The van der Waals surface area contributed by atoms with Gasteiger partial charge in [0.25, 0.3) is 0 Å². The fraction of sp³-hybridized carbons (Fsp3) is 0.190. The quantitative estimate of drug-likeness (QED) is 0.572. The third-order valence-corrected chi connectivity index (χ3v) is 3.75. The molecule has 0 aromatic heterocycles. The third-order valence-electron chi connectivity index (χ3n) is 3.75. The van der Waals surface area contributed by atoms with Crippen LogP contribution >= 0.6 is 0 Å². The first-order valence-electron chi connectivity index (χ1n) is 8.02. The highest BCUT2D eigenvalue weighted by Gasteiger charge is 2.19. The summed E-state index contributed by atoms with van der Waals surface area (Å²) >= 11 is 0. The summed E-state index contributed by atoms with van der Waals surface area (Å²) in [7, 11) is 1.61. The molecule has 0 fully saturated rings. The molecular weight excluding hydrogens is 314 g/mol. The lowest BCUT2D eigenvalue weighted by atomic mass is 10.0. The number of rotatable bonds is 8. The van der Waals surface area contributed by atoms with E-state index in [1.54, 1.807) is 13.2 Å². The van der Waals surface area contributed by atoms with Gasteiger partial charge < -0.3 is 14.8 Å². The second-order valence-electron chi connectivity index (χ2n) is 5.54. The van der Waals surface area contributed by atoms with Crippen molar-refractivity contribution < 1.29 is 14.3 Å². The number of hydrogen-bond donors (Lipinski definition) is 1. The van der Waals surface area contributed by atoms with Crippen LogP contribution in [0.1, 0.15) is 16.7 Å². The number of carbonyl (C=O) groups excluding carboxylic acids is 1. The van der Waals surface area contributed by atoms with Gasteiger partial charge in [-0.15, -0.1) is 6.58 Å². The van der Waals surface area contributed by atoms with E-state index >= 15 is 0 Å². The van der Waals surface area contributed by atoms with E-state index in [-0.39, 0.29) is 5.91 Å². The Bertz CT molecular complexity index is 766. The molecular formula is C21H23NO3. The Hall–Kier alpha value is -3.01. The Labute approximate surface area is 148 Å². The highest BCUT2D eigenvalue weighted by Crippen LogP contribution is 2.40. The summed E-state index contributed by atoms with van der Waals surface area (Å²) in [6.07, 6.45) is 3.54. The highest BCUT2D eigenvalue weighted by molar-refractivity contribution is 6.00. The van der Waals surface area contributed by atoms with Crippen molar-refractivity contribution in [3.63, 3.8) is 0 Å². The van der Waals surface area contributed by atoms with Crippen LogP contribution < -0.4 is 14.8 Å². The molecule has 2 aromatic carbocycles. The maximum absolute atomic E-state index is 11.8. The van der Waals surface area contributed by atoms with E-state index in [0.717, 1.165) is 16.7 Å². The van der Waals surface area contributed by atoms with Crippen LogP contribution in [-0.2, 0) is 17.8 Å². The SMILES string of the molecule is C=CCc1c(NC(=O)C=C)cc(C)c(OC)c1OCc1ccccc1. The standard InChI is InChI=1S/C21H23NO3/c1-5-10-17-18(22-19(23)6-2)13-15(3)20(24-4)21(17)25-14-16-11-8-7-9-12-16/h5-9,11-13H,1-2,10,14H2,3-4H3,(H,22,23). The lowest BCUT2D eigenvalue weighted by molar-refractivity contribution is -0.111. The van der Waals surface area contributed by atoms with Gasteiger partial charge in [-0.25, -0.2) is 0 Å². The lowest BCUT2D eigenvalue weighted by Gasteiger charge is -2.20. The molecule has 1 amide bonds. The lowest BCUT2D eigenvalue weighted by Crippen LogP contribution is -2.12. The first-order chi connectivity index (χ1) is 12.1. The summed E-state index contributed by atoms with van der Waals surface area (Å²) in [5.41, 5.74) is 3.42. The van der Waals surface area contributed by atoms with Gasteiger partial charge in [0.1, 0.15) is 6.61 Å². The van der Waals surface area contributed by atoms with E-state index in [9.17, 15) is 4.79 Å². The van der Waals surface area contributed by atoms with Crippen molar-refractivity contribution in [2.75, 3.05) is 12.4 Å². The molecule has 2 rings (SSSR count). The normalized spacial score (nSPS) is 10.0. The monoisotopic (exact) mass is 337 g/mol. The molecule has 0 saturated carbocycles. The number of anilines is 1. The van der Waals surface area contributed by atoms with Crippen molar-refractivity contribution in [1.29, 1.82) is 0 Å². The summed E-state index contributed by atoms with van der Waals surface area (Å²) < 4.78 is 11.6. The van der Waals surface area contributed by atoms with Crippen molar-refractivity contribution in [3.05, 3.63) is 78.4 Å². The van der Waals surface area contributed by atoms with Gasteiger partial charge in [-0.2, -0.15) is 0 Å². The molecule has 2 aromatic rings. The van der Waals surface area contributed by atoms with Gasteiger partial charge in [-0.05, 0) is 36.6 Å². The number of allylic oxidation sites excluding steroid dienone is 1. The summed E-state index contributed by atoms with van der Waals surface area (Å²) in [5.74, 6) is 0.999. The number of amides is 1. The molecule has 0 heterocycles. The molecule has 0 bridgehead atoms. The predicted octanol–water partition coefficient (Wildman–Crippen LogP) is 4.44. The number of carbonyl (C=O) groups is 1. The molecule has 4 heteroatoms. The zero-order valence-corrected chi connectivity index (χ0v) is 14.7. The van der Waals surface area contributed by atoms with Crippen LogP contribution in [0.3, 0.4) is 0 Å². The maximum Gasteiger partial charge on any atom is 0.247 e. The fourth-order valence-corrected chi connectivity index (χ4v) is 2.59. The Morgan fingerprint density at radius 3 is 2.52 bits per heavy atom. The molecule has 0 aliphatic rings. The molecule has 4 nitrogen and oxygen atoms in total. The molecule has 0 atom stereocenters. The van der Waals surface area contributed by atoms with E-state index in [2.05, 4.69) is 18.5 Å². The Balaban J connectivity index is 2.46. The average Bonchev–Trinajstić information content (AvgIpc) is 2.63. The minimum absolute atomic E-state index is 0.274. The first kappa shape index (κ1) is 18.3. The second-order valence-corrected chi connectivity index (χ2v) is 5.54. The molecule has 25 heavy (non-hydrogen) atoms. The molecule has 0 aliphatic carbocycles. The van der Waals surface area contributed by atoms with Crippen LogP contribution in [0.5, 0.6) is 11.5 Å². The third kappa shape index (κ3) is 4.51. The van der Waals surface area contributed by atoms with Gasteiger partial charge in [0.05, 0.1) is 7.11 Å². The fourth-order valence-electron chi connectivity index (χ4n) is 2.59. The number of nitrogens with one attached hydrogen (secondary N) is 1. The van der Waals surface area contributed by atoms with E-state index in [1.165, 1.54) is 6.08 Å². The smallest absolute Gasteiger partial charge is 0.247 e. The zero-order chi connectivity index (χ0) is 18.2. The van der Waals surface area contributed by atoms with E-state index in [1.807, 2.05) is 43.3 Å². The molecule has 0 saturated heterocycles. The largest absolute Gasteiger partial charge is 0.493 e. The molecule has 0 radical (unpaired) electrons. The minimum atomic E-state index is -0.274. The van der Waals surface area contributed by atoms with Crippen LogP contribution in [0.4, 0.5) is 5.69 Å². The summed E-state index contributed by atoms with van der Waals surface area (Å²) in [4.78, 5) is 11.8. The van der Waals surface area contributed by atoms with Gasteiger partial charge in [0, 0.05) is 11.3 Å². The maximum atomic E-state index is 11.8. The zero-order valence-electron chi connectivity index (χ0n) is 14.7. The van der Waals surface area contributed by atoms with E-state index < -0.39 is 0 Å². The van der Waals surface area contributed by atoms with Crippen molar-refractivity contribution in [2.45, 2.75) is 20.0 Å². The number of hydrogen-bond acceptors (Lipinski definition) is 3. The predicted molar refractivity (Wildman–Crippen MR) is 101 cm³/mol. The molecule has 0 spiro atoms. The molecule has 0 unspecified atom stereocenters. The van der Waals surface area contributed by atoms with Crippen LogP contribution in [0.2, 0.25) is 0 Å². The van der Waals surface area contributed by atoms with E-state index in [0.29, 0.717) is 30.2 Å². The van der Waals surface area contributed by atoms with Gasteiger partial charge in [0.2, 0.25) is 5.91 Å². The van der Waals surface area contributed by atoms with Crippen LogP contribution in [0, 0.1) is 6.92 Å².